The summed E-state index contributed by atoms with van der Waals surface area (Å²) in [5, 5.41) is 0. The molecule has 2 fully saturated rings. The zero-order chi connectivity index (χ0) is 30.9. The van der Waals surface area contributed by atoms with Crippen molar-refractivity contribution in [3.05, 3.63) is 94.6 Å². The van der Waals surface area contributed by atoms with Gasteiger partial charge in [0, 0.05) is 22.9 Å². The summed E-state index contributed by atoms with van der Waals surface area (Å²) in [5.74, 6) is 3.07. The van der Waals surface area contributed by atoms with E-state index >= 15 is 0 Å². The first-order chi connectivity index (χ1) is 21.4. The van der Waals surface area contributed by atoms with Gasteiger partial charge in [0.2, 0.25) is 0 Å². The van der Waals surface area contributed by atoms with Crippen LogP contribution in [0, 0.1) is 31.6 Å². The van der Waals surface area contributed by atoms with Gasteiger partial charge in [-0.3, -0.25) is 4.90 Å². The number of hydrogen-bond donors (Lipinski definition) is 0. The molecular weight excluding hydrogens is 559 g/mol. The second kappa shape index (κ2) is 16.2. The van der Waals surface area contributed by atoms with Crippen LogP contribution < -0.4 is 4.74 Å². The van der Waals surface area contributed by atoms with Gasteiger partial charge >= 0.3 is 0 Å². The summed E-state index contributed by atoms with van der Waals surface area (Å²) in [5.41, 5.74) is 6.98. The Kier molecular flexibility index (Phi) is 12.1. The van der Waals surface area contributed by atoms with Crippen molar-refractivity contribution in [1.29, 1.82) is 0 Å². The van der Waals surface area contributed by atoms with Crippen LogP contribution in [0.25, 0.3) is 6.08 Å². The molecule has 1 saturated heterocycles. The van der Waals surface area contributed by atoms with Crippen LogP contribution in [-0.4, -0.2) is 37.9 Å². The maximum absolute atomic E-state index is 6.76. The van der Waals surface area contributed by atoms with Crippen LogP contribution in [0.4, 0.5) is 0 Å². The Hall–Kier alpha value is -2.53. The highest BCUT2D eigenvalue weighted by atomic mass is 32.2. The average Bonchev–Trinajstić information content (AvgIpc) is 3.03. The molecule has 5 rings (SSSR count). The zero-order valence-electron chi connectivity index (χ0n) is 27.7. The van der Waals surface area contributed by atoms with Crippen molar-refractivity contribution in [2.45, 2.75) is 95.0 Å². The maximum Gasteiger partial charge on any atom is 0.118 e. The number of ether oxygens (including phenoxy) is 2. The summed E-state index contributed by atoms with van der Waals surface area (Å²) < 4.78 is 12.1. The molecule has 2 aliphatic rings. The first-order valence-corrected chi connectivity index (χ1v) is 17.7. The fraction of sp³-hybridized carbons (Fsp3) is 0.500. The Labute approximate surface area is 271 Å². The zero-order valence-corrected chi connectivity index (χ0v) is 28.5. The van der Waals surface area contributed by atoms with Gasteiger partial charge in [-0.05, 0) is 111 Å². The summed E-state index contributed by atoms with van der Waals surface area (Å²) in [6, 6.07) is 24.2. The molecule has 3 aromatic carbocycles. The van der Waals surface area contributed by atoms with Crippen LogP contribution in [0.15, 0.2) is 82.1 Å². The van der Waals surface area contributed by atoms with Crippen molar-refractivity contribution >= 4 is 17.8 Å². The molecule has 1 saturated carbocycles. The van der Waals surface area contributed by atoms with Crippen molar-refractivity contribution in [2.24, 2.45) is 17.8 Å². The lowest BCUT2D eigenvalue weighted by molar-refractivity contribution is -0.0851. The molecule has 3 nitrogen and oxygen atoms in total. The van der Waals surface area contributed by atoms with Gasteiger partial charge in [0.1, 0.15) is 5.75 Å². The quantitative estimate of drug-likeness (QED) is 0.203. The number of nitrogens with zero attached hydrogens (tertiary/aromatic N) is 1. The molecule has 0 N–H and O–H groups in total. The van der Waals surface area contributed by atoms with E-state index in [4.69, 9.17) is 9.47 Å². The fourth-order valence-electron chi connectivity index (χ4n) is 7.09. The van der Waals surface area contributed by atoms with E-state index in [1.807, 2.05) is 11.8 Å². The molecule has 44 heavy (non-hydrogen) atoms. The molecule has 3 aromatic rings. The van der Waals surface area contributed by atoms with E-state index < -0.39 is 0 Å². The monoisotopic (exact) mass is 611 g/mol. The molecule has 0 amide bonds. The highest BCUT2D eigenvalue weighted by Crippen LogP contribution is 2.38. The fourth-order valence-corrected chi connectivity index (χ4v) is 8.07. The normalized spacial score (nSPS) is 21.7. The second-order valence-corrected chi connectivity index (χ2v) is 14.5. The van der Waals surface area contributed by atoms with E-state index in [9.17, 15) is 0 Å². The van der Waals surface area contributed by atoms with Crippen molar-refractivity contribution in [3.63, 3.8) is 0 Å². The molecular formula is C40H53NO2S. The lowest BCUT2D eigenvalue weighted by Gasteiger charge is -2.40. The van der Waals surface area contributed by atoms with Gasteiger partial charge in [0.15, 0.2) is 0 Å². The highest BCUT2D eigenvalue weighted by Gasteiger charge is 2.33. The topological polar surface area (TPSA) is 21.7 Å². The minimum atomic E-state index is 0.390. The second-order valence-electron chi connectivity index (χ2n) is 13.5. The molecule has 1 aliphatic heterocycles. The Bertz CT molecular complexity index is 1360. The van der Waals surface area contributed by atoms with Gasteiger partial charge < -0.3 is 9.47 Å². The van der Waals surface area contributed by atoms with E-state index in [1.54, 1.807) is 12.7 Å². The van der Waals surface area contributed by atoms with Crippen LogP contribution in [0.2, 0.25) is 0 Å². The van der Waals surface area contributed by atoms with Gasteiger partial charge in [-0.15, -0.1) is 0 Å². The molecule has 4 heteroatoms. The Morgan fingerprint density at radius 3 is 2.48 bits per heavy atom. The Balaban J connectivity index is 1.10. The lowest BCUT2D eigenvalue weighted by Crippen LogP contribution is -2.40. The van der Waals surface area contributed by atoms with Crippen LogP contribution in [0.5, 0.6) is 5.75 Å². The predicted octanol–water partition coefficient (Wildman–Crippen LogP) is 10.4. The number of piperidine rings is 1. The van der Waals surface area contributed by atoms with Gasteiger partial charge in [-0.25, -0.2) is 0 Å². The number of hydrogen-bond acceptors (Lipinski definition) is 4. The summed E-state index contributed by atoms with van der Waals surface area (Å²) in [6.07, 6.45) is 12.6. The average molecular weight is 612 g/mol. The molecule has 4 atom stereocenters. The molecule has 0 aromatic heterocycles. The Morgan fingerprint density at radius 1 is 0.955 bits per heavy atom. The van der Waals surface area contributed by atoms with E-state index in [0.717, 1.165) is 50.8 Å². The molecule has 1 unspecified atom stereocenters. The van der Waals surface area contributed by atoms with Crippen LogP contribution >= 0.6 is 11.8 Å². The van der Waals surface area contributed by atoms with E-state index in [-0.39, 0.29) is 0 Å². The number of rotatable bonds is 12. The first kappa shape index (κ1) is 32.9. The third-order valence-corrected chi connectivity index (χ3v) is 11.2. The minimum absolute atomic E-state index is 0.390. The molecule has 236 valence electrons. The number of benzene rings is 3. The maximum atomic E-state index is 6.76. The van der Waals surface area contributed by atoms with Crippen LogP contribution in [0.1, 0.15) is 81.0 Å². The van der Waals surface area contributed by atoms with E-state index in [1.165, 1.54) is 64.1 Å². The minimum Gasteiger partial charge on any atom is -0.497 e. The molecule has 1 heterocycles. The predicted molar refractivity (Wildman–Crippen MR) is 187 cm³/mol. The SMILES string of the molecule is COc1ccc(CCCC(C)[C@H]2CC[C@@H](C)C[C@@H]2OCN2CCC(=Cc3ccccc3Sc3ccc(C)cc3C)CC2)cc1. The molecule has 0 bridgehead atoms. The van der Waals surface area contributed by atoms with Crippen molar-refractivity contribution in [2.75, 3.05) is 26.9 Å². The van der Waals surface area contributed by atoms with Crippen LogP contribution in [-0.2, 0) is 11.2 Å². The largest absolute Gasteiger partial charge is 0.497 e. The van der Waals surface area contributed by atoms with Gasteiger partial charge in [-0.2, -0.15) is 0 Å². The lowest BCUT2D eigenvalue weighted by atomic mass is 9.73. The summed E-state index contributed by atoms with van der Waals surface area (Å²) in [6.45, 7) is 12.2. The van der Waals surface area contributed by atoms with Gasteiger partial charge in [0.25, 0.3) is 0 Å². The van der Waals surface area contributed by atoms with Crippen molar-refractivity contribution in [1.82, 2.24) is 4.90 Å². The Morgan fingerprint density at radius 2 is 1.73 bits per heavy atom. The first-order valence-electron chi connectivity index (χ1n) is 16.9. The summed E-state index contributed by atoms with van der Waals surface area (Å²) >= 11 is 1.89. The molecule has 0 spiro atoms. The smallest absolute Gasteiger partial charge is 0.118 e. The van der Waals surface area contributed by atoms with Gasteiger partial charge in [0.05, 0.1) is 19.9 Å². The van der Waals surface area contributed by atoms with E-state index in [2.05, 4.69) is 105 Å². The highest BCUT2D eigenvalue weighted by molar-refractivity contribution is 7.99. The summed E-state index contributed by atoms with van der Waals surface area (Å²) in [4.78, 5) is 5.22. The standard InChI is InChI=1S/C40H53NO2S/c1-29-14-20-39(32(4)25-29)44-40-12-7-6-11-35(40)27-34-21-23-41(24-22-34)28-43-38-26-30(2)13-19-37(38)31(3)9-8-10-33-15-17-36(42-5)18-16-33/h6-7,11-12,14-18,20,25,27,30-31,37-38H,8-10,13,19,21-24,26,28H2,1-5H3/t30-,31?,37-,38+/m1/s1. The molecule has 1 aliphatic carbocycles. The van der Waals surface area contributed by atoms with Crippen molar-refractivity contribution in [3.8, 4) is 5.75 Å². The number of methoxy groups -OCH3 is 1. The summed E-state index contributed by atoms with van der Waals surface area (Å²) in [7, 11) is 1.73. The van der Waals surface area contributed by atoms with E-state index in [0.29, 0.717) is 17.9 Å². The van der Waals surface area contributed by atoms with Crippen molar-refractivity contribution < 1.29 is 9.47 Å². The third kappa shape index (κ3) is 9.25. The number of aryl methyl sites for hydroxylation is 3. The van der Waals surface area contributed by atoms with Crippen LogP contribution in [0.3, 0.4) is 0 Å². The molecule has 0 radical (unpaired) electrons. The third-order valence-electron chi connectivity index (χ3n) is 9.92. The number of likely N-dealkylation sites (tertiary alicyclic amines) is 1. The van der Waals surface area contributed by atoms with Gasteiger partial charge in [-0.1, -0.05) is 98.1 Å².